The lowest BCUT2D eigenvalue weighted by atomic mass is 9.79. The number of rotatable bonds is 6. The van der Waals surface area contributed by atoms with Crippen molar-refractivity contribution in [3.63, 3.8) is 0 Å². The molecule has 0 radical (unpaired) electrons. The van der Waals surface area contributed by atoms with E-state index in [1.807, 2.05) is 27.7 Å². The van der Waals surface area contributed by atoms with Crippen molar-refractivity contribution in [3.8, 4) is 0 Å². The summed E-state index contributed by atoms with van der Waals surface area (Å²) in [5, 5.41) is 9.11. The van der Waals surface area contributed by atoms with Crippen molar-refractivity contribution in [2.75, 3.05) is 0 Å². The quantitative estimate of drug-likeness (QED) is 0.811. The molecule has 0 aromatic carbocycles. The van der Waals surface area contributed by atoms with Gasteiger partial charge in [0, 0.05) is 17.4 Å². The van der Waals surface area contributed by atoms with E-state index in [-0.39, 0.29) is 17.8 Å². The molecule has 0 amide bonds. The maximum Gasteiger partial charge on any atom is 0.332 e. The molecule has 4 nitrogen and oxygen atoms in total. The SMILES string of the molecule is CC(=O)C(C)(C)CC(C)(C)OC1=CC=CC=C(C(=O)O)C1. The number of allylic oxidation sites excluding steroid dienone is 5. The van der Waals surface area contributed by atoms with E-state index in [1.54, 1.807) is 31.2 Å². The second-order valence-corrected chi connectivity index (χ2v) is 6.67. The normalized spacial score (nSPS) is 15.9. The summed E-state index contributed by atoms with van der Waals surface area (Å²) < 4.78 is 5.98. The van der Waals surface area contributed by atoms with Gasteiger partial charge in [0.2, 0.25) is 0 Å². The number of carboxylic acids is 1. The lowest BCUT2D eigenvalue weighted by Gasteiger charge is -2.34. The lowest BCUT2D eigenvalue weighted by molar-refractivity contribution is -0.132. The van der Waals surface area contributed by atoms with Crippen LogP contribution in [-0.4, -0.2) is 22.5 Å². The number of carbonyl (C=O) groups is 2. The summed E-state index contributed by atoms with van der Waals surface area (Å²) in [5.74, 6) is -0.236. The first kappa shape index (κ1) is 17.2. The third-order valence-corrected chi connectivity index (χ3v) is 3.56. The molecular weight excluding hydrogens is 268 g/mol. The van der Waals surface area contributed by atoms with Crippen molar-refractivity contribution in [1.29, 1.82) is 0 Å². The molecule has 1 N–H and O–H groups in total. The molecule has 0 aromatic rings. The molecule has 0 unspecified atom stereocenters. The van der Waals surface area contributed by atoms with Crippen LogP contribution in [0.4, 0.5) is 0 Å². The highest BCUT2D eigenvalue weighted by atomic mass is 16.5. The van der Waals surface area contributed by atoms with Gasteiger partial charge in [-0.3, -0.25) is 4.79 Å². The largest absolute Gasteiger partial charge is 0.492 e. The molecule has 0 spiro atoms. The zero-order valence-corrected chi connectivity index (χ0v) is 13.4. The Labute approximate surface area is 126 Å². The third-order valence-electron chi connectivity index (χ3n) is 3.56. The highest BCUT2D eigenvalue weighted by molar-refractivity contribution is 5.87. The summed E-state index contributed by atoms with van der Waals surface area (Å²) in [6, 6.07) is 0. The number of carbonyl (C=O) groups excluding carboxylic acids is 1. The van der Waals surface area contributed by atoms with Crippen LogP contribution in [0.25, 0.3) is 0 Å². The van der Waals surface area contributed by atoms with Gasteiger partial charge in [0.1, 0.15) is 17.1 Å². The number of ether oxygens (including phenoxy) is 1. The van der Waals surface area contributed by atoms with E-state index in [1.165, 1.54) is 0 Å². The minimum absolute atomic E-state index is 0.111. The van der Waals surface area contributed by atoms with Crippen LogP contribution in [0.15, 0.2) is 35.6 Å². The van der Waals surface area contributed by atoms with Crippen LogP contribution in [-0.2, 0) is 14.3 Å². The summed E-state index contributed by atoms with van der Waals surface area (Å²) in [6.45, 7) is 9.19. The molecule has 0 saturated carbocycles. The first-order valence-corrected chi connectivity index (χ1v) is 7.03. The monoisotopic (exact) mass is 292 g/mol. The Morgan fingerprint density at radius 1 is 1.19 bits per heavy atom. The Bertz CT molecular complexity index is 519. The van der Waals surface area contributed by atoms with Gasteiger partial charge in [-0.25, -0.2) is 4.79 Å². The van der Waals surface area contributed by atoms with Crippen LogP contribution in [0.2, 0.25) is 0 Å². The van der Waals surface area contributed by atoms with Gasteiger partial charge in [0.25, 0.3) is 0 Å². The van der Waals surface area contributed by atoms with Crippen LogP contribution in [0.3, 0.4) is 0 Å². The Morgan fingerprint density at radius 3 is 2.29 bits per heavy atom. The Kier molecular flexibility index (Phi) is 5.15. The van der Waals surface area contributed by atoms with Gasteiger partial charge in [-0.2, -0.15) is 0 Å². The molecule has 0 heterocycles. The van der Waals surface area contributed by atoms with Crippen molar-refractivity contribution in [2.45, 2.75) is 53.1 Å². The van der Waals surface area contributed by atoms with Crippen molar-refractivity contribution in [3.05, 3.63) is 35.6 Å². The number of Topliss-reactive ketones (excluding diaryl/α,β-unsaturated/α-hetero) is 1. The maximum absolute atomic E-state index is 11.7. The van der Waals surface area contributed by atoms with E-state index >= 15 is 0 Å². The number of aliphatic carboxylic acids is 1. The minimum atomic E-state index is -0.946. The second-order valence-electron chi connectivity index (χ2n) is 6.67. The van der Waals surface area contributed by atoms with Crippen LogP contribution in [0.5, 0.6) is 0 Å². The van der Waals surface area contributed by atoms with Crippen LogP contribution in [0.1, 0.15) is 47.5 Å². The summed E-state index contributed by atoms with van der Waals surface area (Å²) in [5.41, 5.74) is -0.740. The number of carboxylic acid groups (broad SMARTS) is 1. The average molecular weight is 292 g/mol. The molecule has 0 aliphatic heterocycles. The van der Waals surface area contributed by atoms with Crippen LogP contribution in [0, 0.1) is 5.41 Å². The van der Waals surface area contributed by atoms with Gasteiger partial charge >= 0.3 is 5.97 Å². The highest BCUT2D eigenvalue weighted by Crippen LogP contribution is 2.33. The summed E-state index contributed by atoms with van der Waals surface area (Å²) >= 11 is 0. The minimum Gasteiger partial charge on any atom is -0.492 e. The Morgan fingerprint density at radius 2 is 1.76 bits per heavy atom. The molecule has 0 fully saturated rings. The van der Waals surface area contributed by atoms with Gasteiger partial charge < -0.3 is 9.84 Å². The molecule has 116 valence electrons. The van der Waals surface area contributed by atoms with E-state index in [0.717, 1.165) is 0 Å². The second kappa shape index (κ2) is 6.29. The molecule has 1 rings (SSSR count). The summed E-state index contributed by atoms with van der Waals surface area (Å²) in [7, 11) is 0. The lowest BCUT2D eigenvalue weighted by Crippen LogP contribution is -2.35. The Balaban J connectivity index is 2.82. The molecule has 21 heavy (non-hydrogen) atoms. The number of ketones is 1. The van der Waals surface area contributed by atoms with E-state index in [2.05, 4.69) is 0 Å². The first-order valence-electron chi connectivity index (χ1n) is 7.03. The number of hydrogen-bond donors (Lipinski definition) is 1. The van der Waals surface area contributed by atoms with Crippen molar-refractivity contribution < 1.29 is 19.4 Å². The van der Waals surface area contributed by atoms with Gasteiger partial charge in [0.15, 0.2) is 0 Å². The first-order chi connectivity index (χ1) is 9.53. The maximum atomic E-state index is 11.7. The predicted octanol–water partition coefficient (Wildman–Crippen LogP) is 3.64. The average Bonchev–Trinajstić information content (AvgIpc) is 2.52. The third kappa shape index (κ3) is 5.21. The smallest absolute Gasteiger partial charge is 0.332 e. The molecule has 0 saturated heterocycles. The fourth-order valence-electron chi connectivity index (χ4n) is 2.44. The topological polar surface area (TPSA) is 63.6 Å². The van der Waals surface area contributed by atoms with Gasteiger partial charge in [-0.15, -0.1) is 0 Å². The van der Waals surface area contributed by atoms with Crippen LogP contribution < -0.4 is 0 Å². The van der Waals surface area contributed by atoms with Crippen molar-refractivity contribution >= 4 is 11.8 Å². The standard InChI is InChI=1S/C17H24O4/c1-12(18)16(2,3)11-17(4,5)21-14-9-7-6-8-13(10-14)15(19)20/h6-9H,10-11H2,1-5H3,(H,19,20). The van der Waals surface area contributed by atoms with Crippen LogP contribution >= 0.6 is 0 Å². The molecular formula is C17H24O4. The van der Waals surface area contributed by atoms with Gasteiger partial charge in [0.05, 0.1) is 0 Å². The highest BCUT2D eigenvalue weighted by Gasteiger charge is 2.34. The number of hydrogen-bond acceptors (Lipinski definition) is 3. The molecule has 0 aromatic heterocycles. The molecule has 4 heteroatoms. The van der Waals surface area contributed by atoms with Crippen molar-refractivity contribution in [2.24, 2.45) is 5.41 Å². The van der Waals surface area contributed by atoms with Gasteiger partial charge in [-0.1, -0.05) is 32.1 Å². The Hall–Kier alpha value is -1.84. The zero-order chi connectivity index (χ0) is 16.3. The fourth-order valence-corrected chi connectivity index (χ4v) is 2.44. The van der Waals surface area contributed by atoms with E-state index in [9.17, 15) is 9.59 Å². The molecule has 0 atom stereocenters. The predicted molar refractivity (Wildman–Crippen MR) is 81.8 cm³/mol. The summed E-state index contributed by atoms with van der Waals surface area (Å²) in [6.07, 6.45) is 7.59. The zero-order valence-electron chi connectivity index (χ0n) is 13.4. The van der Waals surface area contributed by atoms with Crippen molar-refractivity contribution in [1.82, 2.24) is 0 Å². The molecule has 1 aliphatic carbocycles. The van der Waals surface area contributed by atoms with Gasteiger partial charge in [-0.05, 0) is 33.3 Å². The summed E-state index contributed by atoms with van der Waals surface area (Å²) in [4.78, 5) is 22.8. The fraction of sp³-hybridized carbons (Fsp3) is 0.529. The van der Waals surface area contributed by atoms with E-state index in [4.69, 9.17) is 9.84 Å². The molecule has 0 bridgehead atoms. The molecule has 1 aliphatic rings. The van der Waals surface area contributed by atoms with E-state index < -0.39 is 17.0 Å². The van der Waals surface area contributed by atoms with E-state index in [0.29, 0.717) is 12.2 Å².